The Bertz CT molecular complexity index is 909. The van der Waals surface area contributed by atoms with Crippen LogP contribution in [0.15, 0.2) is 36.4 Å². The lowest BCUT2D eigenvalue weighted by molar-refractivity contribution is 0.260. The fourth-order valence-corrected chi connectivity index (χ4v) is 3.86. The van der Waals surface area contributed by atoms with E-state index in [1.807, 2.05) is 28.8 Å². The van der Waals surface area contributed by atoms with E-state index in [0.29, 0.717) is 5.92 Å². The number of rotatable bonds is 5. The second-order valence-electron chi connectivity index (χ2n) is 7.32. The predicted octanol–water partition coefficient (Wildman–Crippen LogP) is 4.19. The minimum atomic E-state index is 0.188. The Hall–Kier alpha value is -2.14. The summed E-state index contributed by atoms with van der Waals surface area (Å²) in [6.45, 7) is 0.883. The standard InChI is InChI=1S/C19H20ClN5/c20-15-6-4-14(5-7-15)19(10-1-11-19)12-21-16-8-9-17-22-23-18(13-2-3-13)25(17)24-16/h4-9,13H,1-3,10-12H2,(H,21,24). The molecule has 6 heteroatoms. The number of hydrogen-bond acceptors (Lipinski definition) is 4. The molecule has 2 aliphatic carbocycles. The number of aromatic nitrogens is 4. The first-order valence-electron chi connectivity index (χ1n) is 8.96. The largest absolute Gasteiger partial charge is 0.368 e. The van der Waals surface area contributed by atoms with E-state index >= 15 is 0 Å². The topological polar surface area (TPSA) is 55.1 Å². The fourth-order valence-electron chi connectivity index (χ4n) is 3.73. The number of nitrogens with one attached hydrogen (secondary N) is 1. The molecule has 128 valence electrons. The normalized spacial score (nSPS) is 18.9. The van der Waals surface area contributed by atoms with E-state index in [1.165, 1.54) is 37.7 Å². The zero-order chi connectivity index (χ0) is 16.9. The third kappa shape index (κ3) is 2.67. The molecule has 5 rings (SSSR count). The Kier molecular flexibility index (Phi) is 3.45. The molecule has 0 amide bonds. The van der Waals surface area contributed by atoms with Crippen LogP contribution in [0.3, 0.4) is 0 Å². The van der Waals surface area contributed by atoms with Gasteiger partial charge in [0.05, 0.1) is 0 Å². The Labute approximate surface area is 151 Å². The number of anilines is 1. The maximum absolute atomic E-state index is 6.05. The molecule has 0 aliphatic heterocycles. The number of halogens is 1. The van der Waals surface area contributed by atoms with Crippen LogP contribution in [0.1, 0.15) is 49.4 Å². The molecule has 2 fully saturated rings. The van der Waals surface area contributed by atoms with Crippen LogP contribution in [0.25, 0.3) is 5.65 Å². The average Bonchev–Trinajstić information content (AvgIpc) is 3.35. The van der Waals surface area contributed by atoms with Crippen LogP contribution in [-0.4, -0.2) is 26.4 Å². The van der Waals surface area contributed by atoms with Crippen molar-refractivity contribution in [3.8, 4) is 0 Å². The average molecular weight is 354 g/mol. The van der Waals surface area contributed by atoms with Gasteiger partial charge in [-0.15, -0.1) is 15.3 Å². The monoisotopic (exact) mass is 353 g/mol. The summed E-state index contributed by atoms with van der Waals surface area (Å²) < 4.78 is 1.90. The van der Waals surface area contributed by atoms with E-state index in [2.05, 4.69) is 27.6 Å². The minimum Gasteiger partial charge on any atom is -0.368 e. The molecule has 3 aromatic rings. The second-order valence-corrected chi connectivity index (χ2v) is 7.75. The molecule has 2 heterocycles. The summed E-state index contributed by atoms with van der Waals surface area (Å²) in [7, 11) is 0. The summed E-state index contributed by atoms with van der Waals surface area (Å²) in [5.41, 5.74) is 2.37. The van der Waals surface area contributed by atoms with Gasteiger partial charge in [-0.1, -0.05) is 30.2 Å². The number of nitrogens with zero attached hydrogens (tertiary/aromatic N) is 4. The zero-order valence-electron chi connectivity index (χ0n) is 14.0. The van der Waals surface area contributed by atoms with Crippen LogP contribution >= 0.6 is 11.6 Å². The Balaban J connectivity index is 1.38. The van der Waals surface area contributed by atoms with Crippen LogP contribution in [-0.2, 0) is 5.41 Å². The summed E-state index contributed by atoms with van der Waals surface area (Å²) in [5, 5.41) is 17.6. The summed E-state index contributed by atoms with van der Waals surface area (Å²) in [4.78, 5) is 0. The Morgan fingerprint density at radius 1 is 1.08 bits per heavy atom. The molecule has 0 bridgehead atoms. The van der Waals surface area contributed by atoms with E-state index in [1.54, 1.807) is 0 Å². The van der Waals surface area contributed by atoms with Gasteiger partial charge in [-0.05, 0) is 55.5 Å². The van der Waals surface area contributed by atoms with E-state index in [9.17, 15) is 0 Å². The lowest BCUT2D eigenvalue weighted by atomic mass is 9.64. The van der Waals surface area contributed by atoms with Crippen LogP contribution in [0.4, 0.5) is 5.82 Å². The smallest absolute Gasteiger partial charge is 0.178 e. The van der Waals surface area contributed by atoms with Crippen molar-refractivity contribution in [2.75, 3.05) is 11.9 Å². The Morgan fingerprint density at radius 3 is 2.56 bits per heavy atom. The van der Waals surface area contributed by atoms with Crippen LogP contribution in [0.2, 0.25) is 5.02 Å². The van der Waals surface area contributed by atoms with Gasteiger partial charge in [0.1, 0.15) is 5.82 Å². The maximum atomic E-state index is 6.05. The van der Waals surface area contributed by atoms with Crippen molar-refractivity contribution < 1.29 is 0 Å². The van der Waals surface area contributed by atoms with Crippen molar-refractivity contribution >= 4 is 23.1 Å². The highest BCUT2D eigenvalue weighted by atomic mass is 35.5. The third-order valence-corrected chi connectivity index (χ3v) is 5.86. The molecule has 0 saturated heterocycles. The molecular weight excluding hydrogens is 334 g/mol. The predicted molar refractivity (Wildman–Crippen MR) is 98.2 cm³/mol. The van der Waals surface area contributed by atoms with Gasteiger partial charge in [0.25, 0.3) is 0 Å². The first kappa shape index (κ1) is 15.1. The minimum absolute atomic E-state index is 0.188. The highest BCUT2D eigenvalue weighted by molar-refractivity contribution is 6.30. The van der Waals surface area contributed by atoms with E-state index in [4.69, 9.17) is 16.7 Å². The molecule has 0 unspecified atom stereocenters. The summed E-state index contributed by atoms with van der Waals surface area (Å²) >= 11 is 6.05. The van der Waals surface area contributed by atoms with E-state index in [-0.39, 0.29) is 5.41 Å². The van der Waals surface area contributed by atoms with Crippen molar-refractivity contribution in [1.29, 1.82) is 0 Å². The highest BCUT2D eigenvalue weighted by Crippen LogP contribution is 2.44. The van der Waals surface area contributed by atoms with Crippen LogP contribution in [0.5, 0.6) is 0 Å². The first-order valence-corrected chi connectivity index (χ1v) is 9.34. The molecule has 1 aromatic carbocycles. The fraction of sp³-hybridized carbons (Fsp3) is 0.421. The van der Waals surface area contributed by atoms with Crippen molar-refractivity contribution in [2.24, 2.45) is 0 Å². The third-order valence-electron chi connectivity index (χ3n) is 5.60. The van der Waals surface area contributed by atoms with E-state index < -0.39 is 0 Å². The molecule has 2 aromatic heterocycles. The second kappa shape index (κ2) is 5.70. The quantitative estimate of drug-likeness (QED) is 0.747. The molecule has 25 heavy (non-hydrogen) atoms. The van der Waals surface area contributed by atoms with Crippen molar-refractivity contribution in [3.63, 3.8) is 0 Å². The van der Waals surface area contributed by atoms with Gasteiger partial charge in [-0.3, -0.25) is 0 Å². The number of hydrogen-bond donors (Lipinski definition) is 1. The maximum Gasteiger partial charge on any atom is 0.178 e. The summed E-state index contributed by atoms with van der Waals surface area (Å²) in [6, 6.07) is 12.3. The van der Waals surface area contributed by atoms with Crippen molar-refractivity contribution in [1.82, 2.24) is 19.8 Å². The van der Waals surface area contributed by atoms with Gasteiger partial charge in [-0.2, -0.15) is 4.52 Å². The molecule has 2 saturated carbocycles. The van der Waals surface area contributed by atoms with Crippen LogP contribution in [0, 0.1) is 0 Å². The van der Waals surface area contributed by atoms with Crippen LogP contribution < -0.4 is 5.32 Å². The summed E-state index contributed by atoms with van der Waals surface area (Å²) in [6.07, 6.45) is 6.06. The molecule has 0 spiro atoms. The molecule has 0 atom stereocenters. The van der Waals surface area contributed by atoms with Crippen molar-refractivity contribution in [2.45, 2.75) is 43.4 Å². The summed E-state index contributed by atoms with van der Waals surface area (Å²) in [5.74, 6) is 2.41. The SMILES string of the molecule is Clc1ccc(C2(CNc3ccc4nnc(C5CC5)n4n3)CCC2)cc1. The van der Waals surface area contributed by atoms with Gasteiger partial charge in [0, 0.05) is 22.9 Å². The van der Waals surface area contributed by atoms with Gasteiger partial charge < -0.3 is 5.32 Å². The molecular formula is C19H20ClN5. The molecule has 1 N–H and O–H groups in total. The van der Waals surface area contributed by atoms with Crippen molar-refractivity contribution in [3.05, 3.63) is 52.8 Å². The molecule has 5 nitrogen and oxygen atoms in total. The van der Waals surface area contributed by atoms with E-state index in [0.717, 1.165) is 28.9 Å². The van der Waals surface area contributed by atoms with Gasteiger partial charge in [0.2, 0.25) is 0 Å². The molecule has 2 aliphatic rings. The van der Waals surface area contributed by atoms with Gasteiger partial charge >= 0.3 is 0 Å². The Morgan fingerprint density at radius 2 is 1.88 bits per heavy atom. The number of benzene rings is 1. The zero-order valence-corrected chi connectivity index (χ0v) is 14.7. The highest BCUT2D eigenvalue weighted by Gasteiger charge is 2.38. The first-order chi connectivity index (χ1) is 12.2. The molecule has 0 radical (unpaired) electrons. The van der Waals surface area contributed by atoms with Gasteiger partial charge in [-0.25, -0.2) is 0 Å². The number of fused-ring (bicyclic) bond motifs is 1. The van der Waals surface area contributed by atoms with Gasteiger partial charge in [0.15, 0.2) is 11.5 Å². The lowest BCUT2D eigenvalue weighted by Gasteiger charge is -2.42. The lowest BCUT2D eigenvalue weighted by Crippen LogP contribution is -2.41.